The highest BCUT2D eigenvalue weighted by Gasteiger charge is 2.32. The largest absolute Gasteiger partial charge is 0.364 e. The molecule has 19 heavy (non-hydrogen) atoms. The molecule has 1 aliphatic heterocycles. The second kappa shape index (κ2) is 5.43. The minimum Gasteiger partial charge on any atom is -0.364 e. The van der Waals surface area contributed by atoms with E-state index in [1.807, 2.05) is 4.68 Å². The fourth-order valence-corrected chi connectivity index (χ4v) is 3.10. The molecule has 0 radical (unpaired) electrons. The van der Waals surface area contributed by atoms with Crippen molar-refractivity contribution in [2.75, 3.05) is 5.75 Å². The van der Waals surface area contributed by atoms with Crippen LogP contribution in [0.4, 0.5) is 0 Å². The number of carbonyl (C=O) groups is 1. The fourth-order valence-electron chi connectivity index (χ4n) is 2.11. The van der Waals surface area contributed by atoms with Crippen LogP contribution in [-0.4, -0.2) is 44.1 Å². The van der Waals surface area contributed by atoms with Gasteiger partial charge in [-0.1, -0.05) is 11.8 Å². The van der Waals surface area contributed by atoms with E-state index in [2.05, 4.69) is 21.0 Å². The van der Waals surface area contributed by atoms with Gasteiger partial charge in [-0.2, -0.15) is 0 Å². The number of nitrogens with one attached hydrogen (secondary N) is 1. The number of thioether (sulfide) groups is 1. The van der Waals surface area contributed by atoms with Crippen molar-refractivity contribution in [3.05, 3.63) is 0 Å². The summed E-state index contributed by atoms with van der Waals surface area (Å²) in [6, 6.07) is 0.470. The summed E-state index contributed by atoms with van der Waals surface area (Å²) < 4.78 is 7.52. The molecule has 0 bridgehead atoms. The third-order valence-electron chi connectivity index (χ3n) is 3.30. The van der Waals surface area contributed by atoms with Crippen molar-refractivity contribution in [3.8, 4) is 0 Å². The van der Waals surface area contributed by atoms with Gasteiger partial charge in [0.15, 0.2) is 0 Å². The van der Waals surface area contributed by atoms with Crippen LogP contribution in [0, 0.1) is 0 Å². The number of carbonyl (C=O) groups excluding carboxylic acids is 1. The normalized spacial score (nSPS) is 26.6. The minimum atomic E-state index is -0.421. The molecule has 1 aromatic rings. The Morgan fingerprint density at radius 3 is 3.05 bits per heavy atom. The van der Waals surface area contributed by atoms with Crippen LogP contribution in [0.15, 0.2) is 5.16 Å². The molecule has 1 amide bonds. The molecule has 2 aliphatic rings. The zero-order valence-electron chi connectivity index (χ0n) is 10.4. The number of nitrogens with zero attached hydrogens (tertiary/aromatic N) is 4. The lowest BCUT2D eigenvalue weighted by Gasteiger charge is -2.11. The highest BCUT2D eigenvalue weighted by molar-refractivity contribution is 7.99. The van der Waals surface area contributed by atoms with Gasteiger partial charge in [0, 0.05) is 5.75 Å². The Morgan fingerprint density at radius 2 is 2.32 bits per heavy atom. The van der Waals surface area contributed by atoms with Crippen molar-refractivity contribution >= 4 is 17.7 Å². The summed E-state index contributed by atoms with van der Waals surface area (Å²) in [7, 11) is 0. The van der Waals surface area contributed by atoms with Gasteiger partial charge in [0.05, 0.1) is 12.1 Å². The number of amides is 1. The number of tetrazole rings is 1. The topological polar surface area (TPSA) is 108 Å². The van der Waals surface area contributed by atoms with Gasteiger partial charge in [-0.15, -0.1) is 5.10 Å². The molecule has 1 aliphatic carbocycles. The quantitative estimate of drug-likeness (QED) is 0.329. The third-order valence-corrected chi connectivity index (χ3v) is 4.36. The fraction of sp³-hybridized carbons (Fsp3) is 0.800. The first kappa shape index (κ1) is 12.8. The van der Waals surface area contributed by atoms with E-state index < -0.39 is 6.10 Å². The van der Waals surface area contributed by atoms with Crippen molar-refractivity contribution in [2.24, 2.45) is 5.84 Å². The maximum absolute atomic E-state index is 11.3. The smallest absolute Gasteiger partial charge is 0.263 e. The lowest BCUT2D eigenvalue weighted by molar-refractivity contribution is -0.131. The highest BCUT2D eigenvalue weighted by Crippen LogP contribution is 2.36. The first-order chi connectivity index (χ1) is 9.28. The molecular weight excluding hydrogens is 268 g/mol. The van der Waals surface area contributed by atoms with Crippen molar-refractivity contribution < 1.29 is 9.53 Å². The van der Waals surface area contributed by atoms with Crippen LogP contribution in [0.1, 0.15) is 31.7 Å². The van der Waals surface area contributed by atoms with Crippen LogP contribution in [0.2, 0.25) is 0 Å². The van der Waals surface area contributed by atoms with E-state index in [4.69, 9.17) is 10.6 Å². The lowest BCUT2D eigenvalue weighted by Crippen LogP contribution is -2.39. The van der Waals surface area contributed by atoms with Crippen LogP contribution in [0.3, 0.4) is 0 Å². The number of hydrazine groups is 1. The maximum atomic E-state index is 11.3. The van der Waals surface area contributed by atoms with E-state index in [1.54, 1.807) is 11.8 Å². The second-order valence-electron chi connectivity index (χ2n) is 4.78. The number of nitrogens with two attached hydrogens (primary N) is 1. The summed E-state index contributed by atoms with van der Waals surface area (Å²) in [6.45, 7) is 0. The predicted octanol–water partition coefficient (Wildman–Crippen LogP) is -0.362. The molecule has 0 aromatic carbocycles. The maximum Gasteiger partial charge on any atom is 0.263 e. The highest BCUT2D eigenvalue weighted by atomic mass is 32.2. The Bertz CT molecular complexity index is 463. The monoisotopic (exact) mass is 284 g/mol. The summed E-state index contributed by atoms with van der Waals surface area (Å²) in [5, 5.41) is 12.5. The summed E-state index contributed by atoms with van der Waals surface area (Å²) in [6.07, 6.45) is 3.50. The van der Waals surface area contributed by atoms with Crippen LogP contribution in [0.25, 0.3) is 0 Å². The number of hydrogen-bond acceptors (Lipinski definition) is 7. The lowest BCUT2D eigenvalue weighted by atomic mass is 10.2. The molecule has 2 heterocycles. The molecule has 2 unspecified atom stereocenters. The van der Waals surface area contributed by atoms with Gasteiger partial charge in [0.2, 0.25) is 5.16 Å². The Labute approximate surface area is 114 Å². The van der Waals surface area contributed by atoms with Crippen LogP contribution >= 0.6 is 11.8 Å². The van der Waals surface area contributed by atoms with Crippen molar-refractivity contribution in [3.63, 3.8) is 0 Å². The van der Waals surface area contributed by atoms with Crippen LogP contribution in [-0.2, 0) is 9.53 Å². The van der Waals surface area contributed by atoms with Gasteiger partial charge in [-0.05, 0) is 36.1 Å². The Morgan fingerprint density at radius 1 is 1.47 bits per heavy atom. The SMILES string of the molecule is NNC(=O)C1CCC(CSc2nnnn2C2CC2)O1. The molecule has 1 saturated carbocycles. The average Bonchev–Trinajstić information content (AvgIpc) is 2.99. The number of aromatic nitrogens is 4. The first-order valence-corrected chi connectivity index (χ1v) is 7.33. The number of rotatable bonds is 5. The Balaban J connectivity index is 1.50. The Hall–Kier alpha value is -1.19. The van der Waals surface area contributed by atoms with Gasteiger partial charge < -0.3 is 4.74 Å². The summed E-state index contributed by atoms with van der Waals surface area (Å²) in [4.78, 5) is 11.3. The first-order valence-electron chi connectivity index (χ1n) is 6.34. The summed E-state index contributed by atoms with van der Waals surface area (Å²) in [5.41, 5.74) is 2.12. The molecule has 2 fully saturated rings. The number of hydrogen-bond donors (Lipinski definition) is 2. The molecule has 3 rings (SSSR count). The van der Waals surface area contributed by atoms with Gasteiger partial charge in [-0.3, -0.25) is 10.2 Å². The summed E-state index contributed by atoms with van der Waals surface area (Å²) in [5.74, 6) is 5.59. The molecule has 0 spiro atoms. The van der Waals surface area contributed by atoms with Crippen molar-refractivity contribution in [1.82, 2.24) is 25.6 Å². The molecule has 8 nitrogen and oxygen atoms in total. The summed E-state index contributed by atoms with van der Waals surface area (Å²) >= 11 is 1.58. The minimum absolute atomic E-state index is 0.0525. The van der Waals surface area contributed by atoms with E-state index in [1.165, 1.54) is 0 Å². The van der Waals surface area contributed by atoms with E-state index in [-0.39, 0.29) is 12.0 Å². The van der Waals surface area contributed by atoms with Crippen molar-refractivity contribution in [2.45, 2.75) is 49.1 Å². The molecule has 3 N–H and O–H groups in total. The van der Waals surface area contributed by atoms with Crippen LogP contribution < -0.4 is 11.3 Å². The van der Waals surface area contributed by atoms with E-state index in [9.17, 15) is 4.79 Å². The third kappa shape index (κ3) is 2.88. The van der Waals surface area contributed by atoms with Gasteiger partial charge in [0.1, 0.15) is 6.10 Å². The molecule has 1 saturated heterocycles. The van der Waals surface area contributed by atoms with E-state index in [0.29, 0.717) is 12.5 Å². The Kier molecular flexibility index (Phi) is 3.67. The van der Waals surface area contributed by atoms with Crippen LogP contribution in [0.5, 0.6) is 0 Å². The van der Waals surface area contributed by atoms with Gasteiger partial charge in [-0.25, -0.2) is 10.5 Å². The molecule has 2 atom stereocenters. The zero-order chi connectivity index (χ0) is 13.2. The van der Waals surface area contributed by atoms with Gasteiger partial charge in [0.25, 0.3) is 5.91 Å². The molecule has 1 aromatic heterocycles. The van der Waals surface area contributed by atoms with Crippen molar-refractivity contribution in [1.29, 1.82) is 0 Å². The molecule has 9 heteroatoms. The molecular formula is C10H16N6O2S. The zero-order valence-corrected chi connectivity index (χ0v) is 11.2. The van der Waals surface area contributed by atoms with E-state index >= 15 is 0 Å². The second-order valence-corrected chi connectivity index (χ2v) is 5.77. The van der Waals surface area contributed by atoms with Gasteiger partial charge >= 0.3 is 0 Å². The predicted molar refractivity (Wildman–Crippen MR) is 67.0 cm³/mol. The number of ether oxygens (including phenoxy) is 1. The van der Waals surface area contributed by atoms with E-state index in [0.717, 1.165) is 30.2 Å². The molecule has 104 valence electrons. The standard InChI is InChI=1S/C10H16N6O2S/c11-12-9(17)8-4-3-7(18-8)5-19-10-13-14-15-16(10)6-1-2-6/h6-8H,1-5,11H2,(H,12,17). The average molecular weight is 284 g/mol.